The van der Waals surface area contributed by atoms with E-state index >= 15 is 0 Å². The minimum Gasteiger partial charge on any atom is -0.0914 e. The van der Waals surface area contributed by atoms with Gasteiger partial charge in [-0.25, -0.2) is 0 Å². The molecule has 0 aliphatic carbocycles. The van der Waals surface area contributed by atoms with Gasteiger partial charge in [-0.15, -0.1) is 0 Å². The van der Waals surface area contributed by atoms with E-state index in [1.807, 2.05) is 13.8 Å². The fourth-order valence-corrected chi connectivity index (χ4v) is 1.92. The van der Waals surface area contributed by atoms with Crippen molar-refractivity contribution in [1.82, 2.24) is 0 Å². The number of rotatable bonds is 5. The van der Waals surface area contributed by atoms with Crippen molar-refractivity contribution in [2.45, 2.75) is 74.7 Å². The number of allylic oxidation sites excluding steroid dienone is 2. The van der Waals surface area contributed by atoms with Crippen LogP contribution < -0.4 is 0 Å². The SMILES string of the molecule is C/C=C/C(C)C(CC)CCC(C)(C)C.CC. The quantitative estimate of drug-likeness (QED) is 0.498. The molecule has 0 aromatic carbocycles. The van der Waals surface area contributed by atoms with Crippen LogP contribution in [0.4, 0.5) is 0 Å². The minimum atomic E-state index is 0.489. The third-order valence-corrected chi connectivity index (χ3v) is 3.03. The summed E-state index contributed by atoms with van der Waals surface area (Å²) >= 11 is 0. The Bertz CT molecular complexity index is 159. The average Bonchev–Trinajstić information content (AvgIpc) is 2.20. The molecular formula is C16H34. The lowest BCUT2D eigenvalue weighted by Crippen LogP contribution is -2.13. The average molecular weight is 226 g/mol. The van der Waals surface area contributed by atoms with E-state index in [1.54, 1.807) is 0 Å². The van der Waals surface area contributed by atoms with E-state index in [2.05, 4.69) is 53.7 Å². The summed E-state index contributed by atoms with van der Waals surface area (Å²) in [6.07, 6.45) is 8.54. The molecule has 0 heterocycles. The van der Waals surface area contributed by atoms with Gasteiger partial charge in [0.05, 0.1) is 0 Å². The lowest BCUT2D eigenvalue weighted by Gasteiger charge is -2.25. The Morgan fingerprint density at radius 1 is 1.12 bits per heavy atom. The van der Waals surface area contributed by atoms with Gasteiger partial charge in [-0.3, -0.25) is 0 Å². The van der Waals surface area contributed by atoms with Crippen LogP contribution in [0.25, 0.3) is 0 Å². The highest BCUT2D eigenvalue weighted by atomic mass is 14.2. The van der Waals surface area contributed by atoms with Crippen molar-refractivity contribution in [1.29, 1.82) is 0 Å². The first-order valence-corrected chi connectivity index (χ1v) is 7.03. The van der Waals surface area contributed by atoms with Crippen LogP contribution in [0.2, 0.25) is 0 Å². The van der Waals surface area contributed by atoms with Crippen molar-refractivity contribution in [3.05, 3.63) is 12.2 Å². The second-order valence-electron chi connectivity index (χ2n) is 5.65. The van der Waals surface area contributed by atoms with Gasteiger partial charge in [0.25, 0.3) is 0 Å². The molecule has 2 unspecified atom stereocenters. The highest BCUT2D eigenvalue weighted by molar-refractivity contribution is 4.87. The third kappa shape index (κ3) is 10.3. The van der Waals surface area contributed by atoms with Crippen LogP contribution in [0.15, 0.2) is 12.2 Å². The molecule has 0 amide bonds. The van der Waals surface area contributed by atoms with Gasteiger partial charge in [-0.1, -0.05) is 67.0 Å². The third-order valence-electron chi connectivity index (χ3n) is 3.03. The van der Waals surface area contributed by atoms with Crippen LogP contribution in [0, 0.1) is 17.3 Å². The zero-order valence-electron chi connectivity index (χ0n) is 12.9. The first-order chi connectivity index (χ1) is 7.40. The van der Waals surface area contributed by atoms with Gasteiger partial charge in [-0.05, 0) is 37.0 Å². The van der Waals surface area contributed by atoms with Crippen LogP contribution in [-0.2, 0) is 0 Å². The van der Waals surface area contributed by atoms with E-state index in [-0.39, 0.29) is 0 Å². The molecule has 0 fully saturated rings. The second-order valence-corrected chi connectivity index (χ2v) is 5.65. The first kappa shape index (κ1) is 18.1. The molecule has 0 aromatic heterocycles. The summed E-state index contributed by atoms with van der Waals surface area (Å²) < 4.78 is 0. The molecule has 16 heavy (non-hydrogen) atoms. The standard InChI is InChI=1S/C14H28.C2H6/c1-7-9-12(3)13(8-2)10-11-14(4,5)6;1-2/h7,9,12-13H,8,10-11H2,1-6H3;1-2H3/b9-7+;. The predicted octanol–water partition coefficient (Wildman–Crippen LogP) is 6.08. The van der Waals surface area contributed by atoms with Gasteiger partial charge in [0.2, 0.25) is 0 Å². The van der Waals surface area contributed by atoms with E-state index in [1.165, 1.54) is 19.3 Å². The molecule has 0 saturated heterocycles. The van der Waals surface area contributed by atoms with E-state index < -0.39 is 0 Å². The monoisotopic (exact) mass is 226 g/mol. The van der Waals surface area contributed by atoms with Gasteiger partial charge in [0, 0.05) is 0 Å². The molecule has 0 aliphatic rings. The molecule has 98 valence electrons. The lowest BCUT2D eigenvalue weighted by molar-refractivity contribution is 0.287. The van der Waals surface area contributed by atoms with Gasteiger partial charge < -0.3 is 0 Å². The van der Waals surface area contributed by atoms with Crippen molar-refractivity contribution in [3.63, 3.8) is 0 Å². The molecule has 0 rings (SSSR count). The summed E-state index contributed by atoms with van der Waals surface area (Å²) in [6.45, 7) is 17.8. The fraction of sp³-hybridized carbons (Fsp3) is 0.875. The van der Waals surface area contributed by atoms with Crippen molar-refractivity contribution in [2.24, 2.45) is 17.3 Å². The van der Waals surface area contributed by atoms with Gasteiger partial charge in [-0.2, -0.15) is 0 Å². The van der Waals surface area contributed by atoms with E-state index in [4.69, 9.17) is 0 Å². The smallest absolute Gasteiger partial charge is 0.0234 e. The van der Waals surface area contributed by atoms with Gasteiger partial charge in [0.1, 0.15) is 0 Å². The Hall–Kier alpha value is -0.260. The number of hydrogen-bond donors (Lipinski definition) is 0. The van der Waals surface area contributed by atoms with E-state index in [0.717, 1.165) is 11.8 Å². The van der Waals surface area contributed by atoms with Crippen molar-refractivity contribution < 1.29 is 0 Å². The molecule has 0 saturated carbocycles. The molecule has 0 aromatic rings. The Balaban J connectivity index is 0. The molecule has 0 aliphatic heterocycles. The highest BCUT2D eigenvalue weighted by Crippen LogP contribution is 2.29. The Kier molecular flexibility index (Phi) is 11.2. The minimum absolute atomic E-state index is 0.489. The summed E-state index contributed by atoms with van der Waals surface area (Å²) in [7, 11) is 0. The summed E-state index contributed by atoms with van der Waals surface area (Å²) in [4.78, 5) is 0. The van der Waals surface area contributed by atoms with Crippen LogP contribution in [-0.4, -0.2) is 0 Å². The zero-order valence-corrected chi connectivity index (χ0v) is 12.9. The van der Waals surface area contributed by atoms with Gasteiger partial charge in [0.15, 0.2) is 0 Å². The largest absolute Gasteiger partial charge is 0.0914 e. The summed E-state index contributed by atoms with van der Waals surface area (Å²) in [5.74, 6) is 1.61. The van der Waals surface area contributed by atoms with Crippen molar-refractivity contribution in [2.75, 3.05) is 0 Å². The first-order valence-electron chi connectivity index (χ1n) is 7.03. The van der Waals surface area contributed by atoms with Crippen LogP contribution >= 0.6 is 0 Å². The summed E-state index contributed by atoms with van der Waals surface area (Å²) in [5, 5.41) is 0. The molecular weight excluding hydrogens is 192 g/mol. The molecule has 0 bridgehead atoms. The predicted molar refractivity (Wildman–Crippen MR) is 77.8 cm³/mol. The molecule has 0 spiro atoms. The molecule has 0 radical (unpaired) electrons. The molecule has 0 N–H and O–H groups in total. The maximum absolute atomic E-state index is 2.34. The Morgan fingerprint density at radius 2 is 1.62 bits per heavy atom. The number of hydrogen-bond acceptors (Lipinski definition) is 0. The second kappa shape index (κ2) is 9.93. The highest BCUT2D eigenvalue weighted by Gasteiger charge is 2.17. The van der Waals surface area contributed by atoms with Crippen molar-refractivity contribution >= 4 is 0 Å². The molecule has 2 atom stereocenters. The maximum Gasteiger partial charge on any atom is -0.0234 e. The van der Waals surface area contributed by atoms with Crippen LogP contribution in [0.3, 0.4) is 0 Å². The normalized spacial score (nSPS) is 15.5. The molecule has 0 nitrogen and oxygen atoms in total. The fourth-order valence-electron chi connectivity index (χ4n) is 1.92. The zero-order chi connectivity index (χ0) is 13.2. The summed E-state index contributed by atoms with van der Waals surface area (Å²) in [5.41, 5.74) is 0.489. The molecule has 0 heteroatoms. The Morgan fingerprint density at radius 3 is 1.94 bits per heavy atom. The van der Waals surface area contributed by atoms with E-state index in [0.29, 0.717) is 5.41 Å². The van der Waals surface area contributed by atoms with Crippen molar-refractivity contribution in [3.8, 4) is 0 Å². The maximum atomic E-state index is 2.34. The van der Waals surface area contributed by atoms with Crippen LogP contribution in [0.5, 0.6) is 0 Å². The van der Waals surface area contributed by atoms with E-state index in [9.17, 15) is 0 Å². The Labute approximate surface area is 105 Å². The van der Waals surface area contributed by atoms with Gasteiger partial charge >= 0.3 is 0 Å². The summed E-state index contributed by atoms with van der Waals surface area (Å²) in [6, 6.07) is 0. The van der Waals surface area contributed by atoms with Crippen LogP contribution in [0.1, 0.15) is 74.7 Å². The lowest BCUT2D eigenvalue weighted by atomic mass is 9.81. The topological polar surface area (TPSA) is 0 Å².